The zero-order valence-electron chi connectivity index (χ0n) is 17.4. The summed E-state index contributed by atoms with van der Waals surface area (Å²) in [7, 11) is 0. The third-order valence-electron chi connectivity index (χ3n) is 4.95. The quantitative estimate of drug-likeness (QED) is 0.286. The van der Waals surface area contributed by atoms with Crippen LogP contribution < -0.4 is 16.1 Å². The maximum atomic E-state index is 14.2. The van der Waals surface area contributed by atoms with Gasteiger partial charge in [-0.2, -0.15) is 28.6 Å². The number of carbonyl (C=O) groups is 1. The fraction of sp³-hybridized carbons (Fsp3) is 0.211. The summed E-state index contributed by atoms with van der Waals surface area (Å²) in [6.07, 6.45) is 0.444. The first-order valence-corrected chi connectivity index (χ1v) is 9.71. The van der Waals surface area contributed by atoms with E-state index in [1.807, 2.05) is 6.07 Å². The van der Waals surface area contributed by atoms with E-state index in [1.165, 1.54) is 35.6 Å². The van der Waals surface area contributed by atoms with Gasteiger partial charge in [0.1, 0.15) is 11.5 Å². The number of primary amides is 1. The summed E-state index contributed by atoms with van der Waals surface area (Å²) in [4.78, 5) is 18.3. The number of nitriles is 1. The monoisotopic (exact) mass is 492 g/mol. The lowest BCUT2D eigenvalue weighted by Crippen LogP contribution is -2.43. The number of halogens is 4. The summed E-state index contributed by atoms with van der Waals surface area (Å²) in [6, 6.07) is 4.61. The molecule has 0 aromatic carbocycles. The van der Waals surface area contributed by atoms with Gasteiger partial charge in [0.15, 0.2) is 17.2 Å². The molecule has 11 nitrogen and oxygen atoms in total. The number of amides is 1. The molecule has 4 rings (SSSR count). The Labute approximate surface area is 195 Å². The fourth-order valence-electron chi connectivity index (χ4n) is 3.42. The second kappa shape index (κ2) is 9.32. The van der Waals surface area contributed by atoms with Gasteiger partial charge in [-0.1, -0.05) is 11.6 Å². The summed E-state index contributed by atoms with van der Waals surface area (Å²) < 4.78 is 43.7. The van der Waals surface area contributed by atoms with Crippen LogP contribution in [0.3, 0.4) is 0 Å². The van der Waals surface area contributed by atoms with Gasteiger partial charge in [-0.15, -0.1) is 0 Å². The predicted octanol–water partition coefficient (Wildman–Crippen LogP) is 2.77. The molecule has 1 aliphatic heterocycles. The van der Waals surface area contributed by atoms with Crippen molar-refractivity contribution in [3.05, 3.63) is 40.9 Å². The number of carbonyl (C=O) groups excluding carboxylic acids is 1. The van der Waals surface area contributed by atoms with E-state index < -0.39 is 18.1 Å². The van der Waals surface area contributed by atoms with E-state index in [-0.39, 0.29) is 40.0 Å². The van der Waals surface area contributed by atoms with Crippen LogP contribution in [0.1, 0.15) is 18.3 Å². The summed E-state index contributed by atoms with van der Waals surface area (Å²) in [5.41, 5.74) is 4.90. The van der Waals surface area contributed by atoms with Crippen molar-refractivity contribution in [2.24, 2.45) is 10.8 Å². The highest BCUT2D eigenvalue weighted by molar-refractivity contribution is 6.33. The Morgan fingerprint density at radius 1 is 1.38 bits per heavy atom. The van der Waals surface area contributed by atoms with Crippen LogP contribution in [0.2, 0.25) is 5.02 Å². The van der Waals surface area contributed by atoms with E-state index in [9.17, 15) is 13.2 Å². The Morgan fingerprint density at radius 2 is 2.09 bits per heavy atom. The molecule has 1 unspecified atom stereocenters. The number of rotatable bonds is 4. The van der Waals surface area contributed by atoms with Crippen LogP contribution >= 0.6 is 11.6 Å². The molecule has 0 spiro atoms. The molecule has 3 aromatic heterocycles. The van der Waals surface area contributed by atoms with Crippen molar-refractivity contribution in [1.82, 2.24) is 19.6 Å². The lowest BCUT2D eigenvalue weighted by molar-refractivity contribution is -0.181. The summed E-state index contributed by atoms with van der Waals surface area (Å²) >= 11 is 6.22. The zero-order valence-corrected chi connectivity index (χ0v) is 18.1. The number of fused-ring (bicyclic) bond motifs is 3. The predicted molar refractivity (Wildman–Crippen MR) is 119 cm³/mol. The number of nitrogens with two attached hydrogens (primary N) is 1. The Hall–Kier alpha value is -4.25. The first-order chi connectivity index (χ1) is 16.1. The summed E-state index contributed by atoms with van der Waals surface area (Å²) in [5.74, 6) is 0.181. The van der Waals surface area contributed by atoms with E-state index in [4.69, 9.17) is 27.1 Å². The molecule has 0 saturated carbocycles. The molecule has 4 heterocycles. The van der Waals surface area contributed by atoms with Crippen LogP contribution in [-0.2, 0) is 10.2 Å². The van der Waals surface area contributed by atoms with Crippen molar-refractivity contribution >= 4 is 53.3 Å². The highest BCUT2D eigenvalue weighted by atomic mass is 35.5. The first kappa shape index (κ1) is 24.4. The van der Waals surface area contributed by atoms with Gasteiger partial charge in [0, 0.05) is 18.8 Å². The molecular formula is C19H16ClF3N10O. The number of aromatic nitrogens is 4. The molecule has 15 heteroatoms. The lowest BCUT2D eigenvalue weighted by Gasteiger charge is -2.28. The molecule has 1 aliphatic rings. The van der Waals surface area contributed by atoms with Gasteiger partial charge in [0.2, 0.25) is 6.41 Å². The fourth-order valence-corrected chi connectivity index (χ4v) is 3.62. The van der Waals surface area contributed by atoms with Crippen molar-refractivity contribution in [2.75, 3.05) is 16.9 Å². The number of hydrazone groups is 1. The molecule has 0 radical (unpaired) electrons. The van der Waals surface area contributed by atoms with Crippen LogP contribution in [0.25, 0.3) is 5.65 Å². The minimum atomic E-state index is -4.61. The van der Waals surface area contributed by atoms with Gasteiger partial charge in [-0.3, -0.25) is 10.2 Å². The van der Waals surface area contributed by atoms with Crippen LogP contribution in [0.15, 0.2) is 29.6 Å². The van der Waals surface area contributed by atoms with Gasteiger partial charge >= 0.3 is 6.18 Å². The van der Waals surface area contributed by atoms with E-state index in [2.05, 4.69) is 31.3 Å². The Morgan fingerprint density at radius 3 is 2.68 bits per heavy atom. The van der Waals surface area contributed by atoms with Crippen molar-refractivity contribution in [3.8, 4) is 6.07 Å². The van der Waals surface area contributed by atoms with E-state index in [0.29, 0.717) is 5.69 Å². The third kappa shape index (κ3) is 4.20. The topological polar surface area (TPSA) is 161 Å². The van der Waals surface area contributed by atoms with E-state index >= 15 is 0 Å². The zero-order chi connectivity index (χ0) is 25.1. The van der Waals surface area contributed by atoms with E-state index in [1.54, 1.807) is 0 Å². The van der Waals surface area contributed by atoms with E-state index in [0.717, 1.165) is 17.7 Å². The largest absolute Gasteiger partial charge is 0.401 e. The number of nitrogens with one attached hydrogen (secondary N) is 2. The molecule has 3 aromatic rings. The maximum Gasteiger partial charge on any atom is 0.401 e. The summed E-state index contributed by atoms with van der Waals surface area (Å²) in [5, 5.41) is 23.8. The minimum Gasteiger partial charge on any atom is -0.372 e. The van der Waals surface area contributed by atoms with Gasteiger partial charge < -0.3 is 16.0 Å². The first-order valence-electron chi connectivity index (χ1n) is 9.34. The normalized spacial score (nSPS) is 17.1. The van der Waals surface area contributed by atoms with Gasteiger partial charge in [0.25, 0.3) is 0 Å². The van der Waals surface area contributed by atoms with Gasteiger partial charge in [-0.05, 0) is 13.0 Å². The Balaban J connectivity index is 0.00000103. The number of hydrogen-bond donors (Lipinski definition) is 3. The molecular weight excluding hydrogens is 477 g/mol. The Kier molecular flexibility index (Phi) is 6.68. The minimum absolute atomic E-state index is 0.0329. The average Bonchev–Trinajstić information content (AvgIpc) is 3.34. The van der Waals surface area contributed by atoms with Crippen LogP contribution in [0.4, 0.5) is 30.4 Å². The molecule has 0 saturated heterocycles. The van der Waals surface area contributed by atoms with Crippen molar-refractivity contribution < 1.29 is 18.0 Å². The molecule has 34 heavy (non-hydrogen) atoms. The number of hydrogen-bond acceptors (Lipinski definition) is 9. The SMILES string of the molecule is CC1(C(F)(F)F)CN(c2cnc(N/N=C\C=N)c(Cl)c2)c2cnc3cc(C#N)nn3c21.NC=O. The standard InChI is InChI=1S/C18H13ClF3N9.CH3NO/c1-17(18(20,21)22)9-30(11-5-12(19)16(26-7-11)28-27-3-2-23)13-8-25-14-4-10(6-24)29-31(14)15(13)17;2-1-3/h2-5,7-8,23H,9H2,1H3,(H,26,28);1H,(H2,2,3)/b23-2?,27-3-;. The van der Waals surface area contributed by atoms with Crippen LogP contribution in [0, 0.1) is 16.7 Å². The number of nitrogens with zero attached hydrogens (tertiary/aromatic N) is 7. The van der Waals surface area contributed by atoms with Gasteiger partial charge in [0.05, 0.1) is 40.7 Å². The average molecular weight is 493 g/mol. The highest BCUT2D eigenvalue weighted by Gasteiger charge is 2.59. The van der Waals surface area contributed by atoms with Crippen LogP contribution in [0.5, 0.6) is 0 Å². The van der Waals surface area contributed by atoms with Crippen molar-refractivity contribution in [2.45, 2.75) is 18.5 Å². The van der Waals surface area contributed by atoms with Crippen molar-refractivity contribution in [3.63, 3.8) is 0 Å². The molecule has 1 amide bonds. The molecule has 4 N–H and O–H groups in total. The smallest absolute Gasteiger partial charge is 0.372 e. The molecule has 0 bridgehead atoms. The van der Waals surface area contributed by atoms with Crippen LogP contribution in [-0.4, -0.2) is 51.1 Å². The Bertz CT molecular complexity index is 1320. The molecule has 176 valence electrons. The summed E-state index contributed by atoms with van der Waals surface area (Å²) in [6.45, 7) is 0.626. The molecule has 0 aliphatic carbocycles. The van der Waals surface area contributed by atoms with Gasteiger partial charge in [-0.25, -0.2) is 14.5 Å². The highest BCUT2D eigenvalue weighted by Crippen LogP contribution is 2.52. The van der Waals surface area contributed by atoms with Crippen molar-refractivity contribution in [1.29, 1.82) is 10.7 Å². The lowest BCUT2D eigenvalue weighted by atomic mass is 9.87. The number of anilines is 3. The number of pyridine rings is 1. The molecule has 0 fully saturated rings. The molecule has 1 atom stereocenters. The third-order valence-corrected chi connectivity index (χ3v) is 5.24. The second-order valence-corrected chi connectivity index (χ2v) is 7.44. The number of alkyl halides is 3. The maximum absolute atomic E-state index is 14.2. The second-order valence-electron chi connectivity index (χ2n) is 7.04.